The van der Waals surface area contributed by atoms with Crippen molar-refractivity contribution >= 4 is 0 Å². The van der Waals surface area contributed by atoms with E-state index in [1.54, 1.807) is 0 Å². The van der Waals surface area contributed by atoms with Gasteiger partial charge in [-0.05, 0) is 36.5 Å². The Labute approximate surface area is 115 Å². The summed E-state index contributed by atoms with van der Waals surface area (Å²) in [5.41, 5.74) is 7.57. The molecule has 1 saturated carbocycles. The Morgan fingerprint density at radius 1 is 1.21 bits per heavy atom. The van der Waals surface area contributed by atoms with Gasteiger partial charge in [-0.1, -0.05) is 25.8 Å². The van der Waals surface area contributed by atoms with E-state index in [1.165, 1.54) is 31.2 Å². The van der Waals surface area contributed by atoms with E-state index in [9.17, 15) is 0 Å². The molecule has 0 aromatic heterocycles. The lowest BCUT2D eigenvalue weighted by atomic mass is 9.57. The summed E-state index contributed by atoms with van der Waals surface area (Å²) in [6, 6.07) is 6.35. The van der Waals surface area contributed by atoms with Gasteiger partial charge in [0.1, 0.15) is 13.2 Å². The molecule has 0 amide bonds. The Bertz CT molecular complexity index is 452. The van der Waals surface area contributed by atoms with Crippen molar-refractivity contribution in [1.29, 1.82) is 0 Å². The van der Waals surface area contributed by atoms with Crippen LogP contribution in [0.3, 0.4) is 0 Å². The molecule has 1 fully saturated rings. The smallest absolute Gasteiger partial charge is 0.161 e. The van der Waals surface area contributed by atoms with Crippen molar-refractivity contribution in [3.8, 4) is 11.5 Å². The van der Waals surface area contributed by atoms with Crippen LogP contribution in [-0.4, -0.2) is 19.8 Å². The van der Waals surface area contributed by atoms with Crippen molar-refractivity contribution in [3.63, 3.8) is 0 Å². The summed E-state index contributed by atoms with van der Waals surface area (Å²) in [4.78, 5) is 0. The van der Waals surface area contributed by atoms with Gasteiger partial charge in [-0.2, -0.15) is 0 Å². The standard InChI is InChI=1S/C16H23NO2/c1-2-3-12-9-16(10-12,11-17)13-4-5-14-15(8-13)19-7-6-18-14/h4-5,8,12H,2-3,6-7,9-11,17H2,1H3. The molecular weight excluding hydrogens is 238 g/mol. The molecule has 1 aromatic carbocycles. The minimum Gasteiger partial charge on any atom is -0.486 e. The Kier molecular flexibility index (Phi) is 3.40. The third-order valence-electron chi connectivity index (χ3n) is 4.60. The van der Waals surface area contributed by atoms with Gasteiger partial charge in [-0.25, -0.2) is 0 Å². The number of fused-ring (bicyclic) bond motifs is 1. The number of nitrogens with two attached hydrogens (primary N) is 1. The van der Waals surface area contributed by atoms with Crippen molar-refractivity contribution in [2.75, 3.05) is 19.8 Å². The molecule has 1 aliphatic carbocycles. The van der Waals surface area contributed by atoms with Gasteiger partial charge >= 0.3 is 0 Å². The van der Waals surface area contributed by atoms with Crippen LogP contribution in [0.4, 0.5) is 0 Å². The molecule has 0 saturated heterocycles. The van der Waals surface area contributed by atoms with Gasteiger partial charge in [0.25, 0.3) is 0 Å². The van der Waals surface area contributed by atoms with Crippen LogP contribution in [0.2, 0.25) is 0 Å². The van der Waals surface area contributed by atoms with Crippen molar-refractivity contribution < 1.29 is 9.47 Å². The molecule has 104 valence electrons. The molecule has 0 spiro atoms. The number of ether oxygens (including phenoxy) is 2. The lowest BCUT2D eigenvalue weighted by Crippen LogP contribution is -2.47. The first-order chi connectivity index (χ1) is 9.27. The predicted molar refractivity (Wildman–Crippen MR) is 75.8 cm³/mol. The van der Waals surface area contributed by atoms with Crippen LogP contribution in [-0.2, 0) is 5.41 Å². The van der Waals surface area contributed by atoms with Gasteiger partial charge in [-0.3, -0.25) is 0 Å². The van der Waals surface area contributed by atoms with Crippen molar-refractivity contribution in [2.24, 2.45) is 11.7 Å². The zero-order valence-corrected chi connectivity index (χ0v) is 11.7. The van der Waals surface area contributed by atoms with E-state index in [4.69, 9.17) is 15.2 Å². The first-order valence-electron chi connectivity index (χ1n) is 7.37. The van der Waals surface area contributed by atoms with Gasteiger partial charge in [0, 0.05) is 12.0 Å². The Balaban J connectivity index is 1.81. The van der Waals surface area contributed by atoms with E-state index in [1.807, 2.05) is 6.07 Å². The van der Waals surface area contributed by atoms with E-state index in [-0.39, 0.29) is 5.41 Å². The van der Waals surface area contributed by atoms with Crippen LogP contribution < -0.4 is 15.2 Å². The van der Waals surface area contributed by atoms with Crippen LogP contribution in [0.15, 0.2) is 18.2 Å². The minimum absolute atomic E-state index is 0.176. The zero-order valence-electron chi connectivity index (χ0n) is 11.7. The lowest BCUT2D eigenvalue weighted by Gasteiger charge is -2.48. The average Bonchev–Trinajstić information content (AvgIpc) is 2.42. The molecule has 1 aliphatic heterocycles. The molecule has 2 aliphatic rings. The molecule has 0 radical (unpaired) electrons. The number of rotatable bonds is 4. The molecule has 0 bridgehead atoms. The highest BCUT2D eigenvalue weighted by Gasteiger charge is 2.44. The van der Waals surface area contributed by atoms with Crippen molar-refractivity contribution in [2.45, 2.75) is 38.0 Å². The van der Waals surface area contributed by atoms with E-state index >= 15 is 0 Å². The predicted octanol–water partition coefficient (Wildman–Crippen LogP) is 2.86. The minimum atomic E-state index is 0.176. The molecule has 3 nitrogen and oxygen atoms in total. The second-order valence-corrected chi connectivity index (χ2v) is 5.91. The monoisotopic (exact) mass is 261 g/mol. The molecule has 1 heterocycles. The number of benzene rings is 1. The number of hydrogen-bond donors (Lipinski definition) is 1. The topological polar surface area (TPSA) is 44.5 Å². The van der Waals surface area contributed by atoms with Crippen molar-refractivity contribution in [1.82, 2.24) is 0 Å². The molecule has 0 unspecified atom stereocenters. The van der Waals surface area contributed by atoms with Crippen molar-refractivity contribution in [3.05, 3.63) is 23.8 Å². The summed E-state index contributed by atoms with van der Waals surface area (Å²) in [7, 11) is 0. The summed E-state index contributed by atoms with van der Waals surface area (Å²) < 4.78 is 11.3. The van der Waals surface area contributed by atoms with Crippen LogP contribution in [0.25, 0.3) is 0 Å². The molecule has 1 aromatic rings. The summed E-state index contributed by atoms with van der Waals surface area (Å²) in [5.74, 6) is 2.60. The first-order valence-corrected chi connectivity index (χ1v) is 7.37. The highest BCUT2D eigenvalue weighted by atomic mass is 16.6. The third kappa shape index (κ3) is 2.20. The summed E-state index contributed by atoms with van der Waals surface area (Å²) in [6.07, 6.45) is 5.03. The fourth-order valence-electron chi connectivity index (χ4n) is 3.55. The van der Waals surface area contributed by atoms with Crippen LogP contribution in [0.1, 0.15) is 38.2 Å². The van der Waals surface area contributed by atoms with Crippen LogP contribution in [0.5, 0.6) is 11.5 Å². The Morgan fingerprint density at radius 2 is 1.95 bits per heavy atom. The summed E-state index contributed by atoms with van der Waals surface area (Å²) >= 11 is 0. The third-order valence-corrected chi connectivity index (χ3v) is 4.60. The van der Waals surface area contributed by atoms with E-state index in [0.29, 0.717) is 13.2 Å². The lowest BCUT2D eigenvalue weighted by molar-refractivity contribution is 0.136. The normalized spacial score (nSPS) is 28.8. The molecule has 3 heteroatoms. The van der Waals surface area contributed by atoms with Crippen LogP contribution in [0, 0.1) is 5.92 Å². The number of hydrogen-bond acceptors (Lipinski definition) is 3. The maximum absolute atomic E-state index is 6.06. The van der Waals surface area contributed by atoms with Gasteiger partial charge in [0.15, 0.2) is 11.5 Å². The largest absolute Gasteiger partial charge is 0.486 e. The van der Waals surface area contributed by atoms with Crippen LogP contribution >= 0.6 is 0 Å². The Hall–Kier alpha value is -1.22. The fourth-order valence-corrected chi connectivity index (χ4v) is 3.55. The van der Waals surface area contributed by atoms with Gasteiger partial charge in [-0.15, -0.1) is 0 Å². The molecular formula is C16H23NO2. The summed E-state index contributed by atoms with van der Waals surface area (Å²) in [6.45, 7) is 4.27. The maximum atomic E-state index is 6.06. The SMILES string of the molecule is CCCC1CC(CN)(c2ccc3c(c2)OCCO3)C1. The molecule has 19 heavy (non-hydrogen) atoms. The molecule has 3 rings (SSSR count). The molecule has 2 N–H and O–H groups in total. The highest BCUT2D eigenvalue weighted by molar-refractivity contribution is 5.47. The van der Waals surface area contributed by atoms with E-state index in [0.717, 1.165) is 24.0 Å². The van der Waals surface area contributed by atoms with Gasteiger partial charge in [0.2, 0.25) is 0 Å². The zero-order chi connectivity index (χ0) is 13.3. The second kappa shape index (κ2) is 5.04. The molecule has 0 atom stereocenters. The Morgan fingerprint density at radius 3 is 2.63 bits per heavy atom. The second-order valence-electron chi connectivity index (χ2n) is 5.91. The summed E-state index contributed by atoms with van der Waals surface area (Å²) in [5, 5.41) is 0. The fraction of sp³-hybridized carbons (Fsp3) is 0.625. The average molecular weight is 261 g/mol. The first kappa shape index (κ1) is 12.8. The van der Waals surface area contributed by atoms with Gasteiger partial charge in [0.05, 0.1) is 0 Å². The maximum Gasteiger partial charge on any atom is 0.161 e. The highest BCUT2D eigenvalue weighted by Crippen LogP contribution is 2.50. The quantitative estimate of drug-likeness (QED) is 0.906. The van der Waals surface area contributed by atoms with E-state index in [2.05, 4.69) is 19.1 Å². The van der Waals surface area contributed by atoms with E-state index < -0.39 is 0 Å². The van der Waals surface area contributed by atoms with Gasteiger partial charge < -0.3 is 15.2 Å².